The first-order valence-corrected chi connectivity index (χ1v) is 4.37. The summed E-state index contributed by atoms with van der Waals surface area (Å²) in [5.74, 6) is 0. The van der Waals surface area contributed by atoms with Crippen LogP contribution < -0.4 is 0 Å². The lowest BCUT2D eigenvalue weighted by atomic mass is 10.00. The second kappa shape index (κ2) is 5.82. The summed E-state index contributed by atoms with van der Waals surface area (Å²) >= 11 is 0. The van der Waals surface area contributed by atoms with Crippen molar-refractivity contribution in [2.45, 2.75) is 39.2 Å². The number of aliphatic hydroxyl groups is 1. The van der Waals surface area contributed by atoms with E-state index in [0.717, 1.165) is 30.4 Å². The number of aliphatic hydroxyl groups excluding tert-OH is 1. The SMILES string of the molecule is C=C=C(C(=C)C)C(O)CCCC. The smallest absolute Gasteiger partial charge is 0.0863 e. The van der Waals surface area contributed by atoms with Gasteiger partial charge in [-0.2, -0.15) is 0 Å². The van der Waals surface area contributed by atoms with Gasteiger partial charge >= 0.3 is 0 Å². The van der Waals surface area contributed by atoms with Crippen molar-refractivity contribution in [3.05, 3.63) is 30.0 Å². The standard InChI is InChI=1S/C11H18O/c1-5-7-8-11(12)10(6-2)9(3)4/h11-12H,2-3,5,7-8H2,1,4H3. The van der Waals surface area contributed by atoms with Crippen molar-refractivity contribution in [1.29, 1.82) is 0 Å². The Hall–Kier alpha value is -0.780. The van der Waals surface area contributed by atoms with Crippen molar-refractivity contribution in [3.63, 3.8) is 0 Å². The molecule has 0 amide bonds. The van der Waals surface area contributed by atoms with Gasteiger partial charge in [-0.15, -0.1) is 5.73 Å². The van der Waals surface area contributed by atoms with Crippen LogP contribution in [0.5, 0.6) is 0 Å². The van der Waals surface area contributed by atoms with E-state index in [9.17, 15) is 5.11 Å². The van der Waals surface area contributed by atoms with Gasteiger partial charge in [-0.05, 0) is 18.9 Å². The van der Waals surface area contributed by atoms with E-state index >= 15 is 0 Å². The van der Waals surface area contributed by atoms with Gasteiger partial charge in [0, 0.05) is 5.57 Å². The monoisotopic (exact) mass is 166 g/mol. The molecule has 0 aliphatic rings. The molecule has 0 heterocycles. The fraction of sp³-hybridized carbons (Fsp3) is 0.545. The van der Waals surface area contributed by atoms with E-state index in [1.165, 1.54) is 0 Å². The Labute approximate surface area is 75.1 Å². The molecule has 0 radical (unpaired) electrons. The molecule has 0 saturated heterocycles. The van der Waals surface area contributed by atoms with E-state index < -0.39 is 6.10 Å². The molecule has 0 rings (SSSR count). The molecule has 0 aromatic rings. The average Bonchev–Trinajstić information content (AvgIpc) is 2.01. The zero-order chi connectivity index (χ0) is 9.56. The number of rotatable bonds is 5. The van der Waals surface area contributed by atoms with Crippen LogP contribution in [0.15, 0.2) is 30.0 Å². The van der Waals surface area contributed by atoms with Crippen LogP contribution in [-0.4, -0.2) is 11.2 Å². The molecule has 0 spiro atoms. The van der Waals surface area contributed by atoms with Crippen molar-refractivity contribution >= 4 is 0 Å². The molecule has 1 nitrogen and oxygen atoms in total. The molecule has 0 aromatic heterocycles. The lowest BCUT2D eigenvalue weighted by Crippen LogP contribution is -2.09. The highest BCUT2D eigenvalue weighted by atomic mass is 16.3. The maximum Gasteiger partial charge on any atom is 0.0863 e. The second-order valence-corrected chi connectivity index (χ2v) is 3.03. The van der Waals surface area contributed by atoms with E-state index in [-0.39, 0.29) is 0 Å². The minimum atomic E-state index is -0.431. The van der Waals surface area contributed by atoms with E-state index in [4.69, 9.17) is 0 Å². The van der Waals surface area contributed by atoms with Gasteiger partial charge < -0.3 is 5.11 Å². The van der Waals surface area contributed by atoms with Gasteiger partial charge in [-0.25, -0.2) is 0 Å². The molecule has 0 aliphatic carbocycles. The third kappa shape index (κ3) is 3.56. The summed E-state index contributed by atoms with van der Waals surface area (Å²) in [6.45, 7) is 11.3. The normalized spacial score (nSPS) is 11.9. The summed E-state index contributed by atoms with van der Waals surface area (Å²) in [5.41, 5.74) is 4.34. The highest BCUT2D eigenvalue weighted by Crippen LogP contribution is 2.15. The molecule has 0 bridgehead atoms. The minimum Gasteiger partial charge on any atom is -0.388 e. The third-order valence-corrected chi connectivity index (χ3v) is 1.81. The molecule has 68 valence electrons. The predicted molar refractivity (Wildman–Crippen MR) is 53.0 cm³/mol. The highest BCUT2D eigenvalue weighted by molar-refractivity contribution is 5.28. The summed E-state index contributed by atoms with van der Waals surface area (Å²) in [6, 6.07) is 0. The quantitative estimate of drug-likeness (QED) is 0.492. The van der Waals surface area contributed by atoms with Crippen LogP contribution in [0, 0.1) is 0 Å². The van der Waals surface area contributed by atoms with Crippen LogP contribution in [-0.2, 0) is 0 Å². The van der Waals surface area contributed by atoms with Crippen LogP contribution >= 0.6 is 0 Å². The molecule has 1 heteroatoms. The Morgan fingerprint density at radius 2 is 2.17 bits per heavy atom. The molecule has 1 unspecified atom stereocenters. The Morgan fingerprint density at radius 3 is 2.50 bits per heavy atom. The van der Waals surface area contributed by atoms with Gasteiger partial charge in [0.05, 0.1) is 6.10 Å². The molecular formula is C11H18O. The van der Waals surface area contributed by atoms with Crippen LogP contribution in [0.2, 0.25) is 0 Å². The summed E-state index contributed by atoms with van der Waals surface area (Å²) < 4.78 is 0. The topological polar surface area (TPSA) is 20.2 Å². The van der Waals surface area contributed by atoms with Crippen LogP contribution in [0.1, 0.15) is 33.1 Å². The van der Waals surface area contributed by atoms with Gasteiger partial charge in [0.15, 0.2) is 0 Å². The Kier molecular flexibility index (Phi) is 5.44. The number of unbranched alkanes of at least 4 members (excludes halogenated alkanes) is 1. The molecule has 0 saturated carbocycles. The predicted octanol–water partition coefficient (Wildman–Crippen LogP) is 2.82. The third-order valence-electron chi connectivity index (χ3n) is 1.81. The zero-order valence-electron chi connectivity index (χ0n) is 8.06. The molecule has 0 fully saturated rings. The second-order valence-electron chi connectivity index (χ2n) is 3.03. The number of hydrogen-bond acceptors (Lipinski definition) is 1. The molecule has 1 N–H and O–H groups in total. The summed E-state index contributed by atoms with van der Waals surface area (Å²) in [4.78, 5) is 0. The molecular weight excluding hydrogens is 148 g/mol. The lowest BCUT2D eigenvalue weighted by molar-refractivity contribution is 0.199. The van der Waals surface area contributed by atoms with E-state index in [2.05, 4.69) is 25.8 Å². The summed E-state index contributed by atoms with van der Waals surface area (Å²) in [6.07, 6.45) is 2.47. The number of hydrogen-bond donors (Lipinski definition) is 1. The van der Waals surface area contributed by atoms with Gasteiger partial charge in [0.1, 0.15) is 0 Å². The first-order chi connectivity index (χ1) is 5.63. The Bertz CT molecular complexity index is 197. The van der Waals surface area contributed by atoms with E-state index in [0.29, 0.717) is 0 Å². The Balaban J connectivity index is 4.15. The highest BCUT2D eigenvalue weighted by Gasteiger charge is 2.09. The van der Waals surface area contributed by atoms with Crippen LogP contribution in [0.4, 0.5) is 0 Å². The first kappa shape index (κ1) is 11.2. The molecule has 1 atom stereocenters. The van der Waals surface area contributed by atoms with Crippen molar-refractivity contribution < 1.29 is 5.11 Å². The van der Waals surface area contributed by atoms with E-state index in [1.54, 1.807) is 0 Å². The van der Waals surface area contributed by atoms with E-state index in [1.807, 2.05) is 6.92 Å². The van der Waals surface area contributed by atoms with Crippen molar-refractivity contribution in [1.82, 2.24) is 0 Å². The maximum atomic E-state index is 9.61. The van der Waals surface area contributed by atoms with Crippen molar-refractivity contribution in [2.24, 2.45) is 0 Å². The fourth-order valence-corrected chi connectivity index (χ4v) is 1.09. The zero-order valence-corrected chi connectivity index (χ0v) is 8.06. The molecule has 0 aliphatic heterocycles. The van der Waals surface area contributed by atoms with Crippen LogP contribution in [0.25, 0.3) is 0 Å². The minimum absolute atomic E-state index is 0.431. The van der Waals surface area contributed by atoms with Gasteiger partial charge in [0.25, 0.3) is 0 Å². The summed E-state index contributed by atoms with van der Waals surface area (Å²) in [5, 5.41) is 9.61. The van der Waals surface area contributed by atoms with Crippen molar-refractivity contribution in [3.8, 4) is 0 Å². The van der Waals surface area contributed by atoms with Gasteiger partial charge in [-0.3, -0.25) is 0 Å². The maximum absolute atomic E-state index is 9.61. The summed E-state index contributed by atoms with van der Waals surface area (Å²) in [7, 11) is 0. The molecule has 0 aromatic carbocycles. The lowest BCUT2D eigenvalue weighted by Gasteiger charge is -2.11. The van der Waals surface area contributed by atoms with Crippen molar-refractivity contribution in [2.75, 3.05) is 0 Å². The average molecular weight is 166 g/mol. The van der Waals surface area contributed by atoms with Crippen LogP contribution in [0.3, 0.4) is 0 Å². The first-order valence-electron chi connectivity index (χ1n) is 4.37. The largest absolute Gasteiger partial charge is 0.388 e. The fourth-order valence-electron chi connectivity index (χ4n) is 1.09. The van der Waals surface area contributed by atoms with Gasteiger partial charge in [-0.1, -0.05) is 32.9 Å². The molecule has 12 heavy (non-hydrogen) atoms. The van der Waals surface area contributed by atoms with Gasteiger partial charge in [0.2, 0.25) is 0 Å². The Morgan fingerprint density at radius 1 is 1.58 bits per heavy atom.